The third-order valence-electron chi connectivity index (χ3n) is 3.67. The number of amides is 1. The van der Waals surface area contributed by atoms with Crippen LogP contribution in [0.2, 0.25) is 5.02 Å². The van der Waals surface area contributed by atoms with Gasteiger partial charge in [0.15, 0.2) is 0 Å². The number of anilines is 1. The molecule has 0 bridgehead atoms. The Labute approximate surface area is 137 Å². The molecule has 122 valence electrons. The molecule has 1 fully saturated rings. The minimum Gasteiger partial charge on any atom is -0.366 e. The Kier molecular flexibility index (Phi) is 5.29. The normalized spacial score (nSPS) is 19.4. The van der Waals surface area contributed by atoms with Gasteiger partial charge in [-0.25, -0.2) is 0 Å². The van der Waals surface area contributed by atoms with Crippen LogP contribution in [0, 0.1) is 0 Å². The lowest BCUT2D eigenvalue weighted by Gasteiger charge is -2.41. The van der Waals surface area contributed by atoms with E-state index < -0.39 is 0 Å². The molecule has 1 atom stereocenters. The van der Waals surface area contributed by atoms with Crippen molar-refractivity contribution in [2.24, 2.45) is 0 Å². The fourth-order valence-corrected chi connectivity index (χ4v) is 2.77. The van der Waals surface area contributed by atoms with Gasteiger partial charge < -0.3 is 14.5 Å². The first-order chi connectivity index (χ1) is 10.3. The highest BCUT2D eigenvalue weighted by Gasteiger charge is 2.29. The Hall–Kier alpha value is -1.33. The van der Waals surface area contributed by atoms with Gasteiger partial charge >= 0.3 is 0 Å². The maximum Gasteiger partial charge on any atom is 0.248 e. The highest BCUT2D eigenvalue weighted by Crippen LogP contribution is 2.26. The number of pyridine rings is 1. The van der Waals surface area contributed by atoms with Crippen LogP contribution in [0.4, 0.5) is 5.69 Å². The number of aromatic nitrogens is 1. The number of ether oxygens (including phenoxy) is 1. The molecule has 1 saturated heterocycles. The Morgan fingerprint density at radius 1 is 1.45 bits per heavy atom. The van der Waals surface area contributed by atoms with E-state index in [0.29, 0.717) is 11.6 Å². The van der Waals surface area contributed by atoms with Gasteiger partial charge in [-0.15, -0.1) is 0 Å². The van der Waals surface area contributed by atoms with Gasteiger partial charge in [0.05, 0.1) is 16.3 Å². The van der Waals surface area contributed by atoms with Crippen molar-refractivity contribution in [3.05, 3.63) is 23.5 Å². The SMILES string of the molecule is C[C@@H]1CN(c2ccncc2Cl)CCN1C(=O)COC(C)(C)C. The maximum atomic E-state index is 12.3. The summed E-state index contributed by atoms with van der Waals surface area (Å²) in [6.07, 6.45) is 3.39. The number of rotatable bonds is 3. The van der Waals surface area contributed by atoms with E-state index in [9.17, 15) is 4.79 Å². The second kappa shape index (κ2) is 6.84. The summed E-state index contributed by atoms with van der Waals surface area (Å²) in [5, 5.41) is 0.644. The van der Waals surface area contributed by atoms with Gasteiger partial charge in [0.1, 0.15) is 6.61 Å². The summed E-state index contributed by atoms with van der Waals surface area (Å²) in [5.74, 6) is 0.0444. The number of piperazine rings is 1. The van der Waals surface area contributed by atoms with Gasteiger partial charge in [-0.1, -0.05) is 11.6 Å². The molecule has 0 N–H and O–H groups in total. The molecule has 2 heterocycles. The molecular weight excluding hydrogens is 302 g/mol. The van der Waals surface area contributed by atoms with Crippen LogP contribution in [-0.4, -0.2) is 53.7 Å². The van der Waals surface area contributed by atoms with Gasteiger partial charge in [0.2, 0.25) is 5.91 Å². The van der Waals surface area contributed by atoms with E-state index in [2.05, 4.69) is 16.8 Å². The lowest BCUT2D eigenvalue weighted by atomic mass is 10.1. The minimum atomic E-state index is -0.300. The molecule has 0 unspecified atom stereocenters. The van der Waals surface area contributed by atoms with Crippen molar-refractivity contribution in [3.8, 4) is 0 Å². The van der Waals surface area contributed by atoms with Crippen molar-refractivity contribution in [2.75, 3.05) is 31.1 Å². The van der Waals surface area contributed by atoms with Crippen LogP contribution in [0.1, 0.15) is 27.7 Å². The van der Waals surface area contributed by atoms with Gasteiger partial charge in [-0.3, -0.25) is 9.78 Å². The van der Waals surface area contributed by atoms with Crippen molar-refractivity contribution < 1.29 is 9.53 Å². The first-order valence-corrected chi connectivity index (χ1v) is 7.93. The molecule has 0 radical (unpaired) electrons. The van der Waals surface area contributed by atoms with Crippen molar-refractivity contribution in [1.29, 1.82) is 0 Å². The van der Waals surface area contributed by atoms with Gasteiger partial charge in [-0.05, 0) is 33.8 Å². The fraction of sp³-hybridized carbons (Fsp3) is 0.625. The van der Waals surface area contributed by atoms with Crippen molar-refractivity contribution in [1.82, 2.24) is 9.88 Å². The van der Waals surface area contributed by atoms with Crippen LogP contribution in [0.5, 0.6) is 0 Å². The number of hydrogen-bond donors (Lipinski definition) is 0. The monoisotopic (exact) mass is 325 g/mol. The van der Waals surface area contributed by atoms with Crippen LogP contribution in [-0.2, 0) is 9.53 Å². The van der Waals surface area contributed by atoms with Crippen LogP contribution in [0.3, 0.4) is 0 Å². The predicted molar refractivity (Wildman–Crippen MR) is 88.3 cm³/mol. The number of nitrogens with zero attached hydrogens (tertiary/aromatic N) is 3. The highest BCUT2D eigenvalue weighted by molar-refractivity contribution is 6.33. The van der Waals surface area contributed by atoms with E-state index in [1.165, 1.54) is 0 Å². The van der Waals surface area contributed by atoms with Crippen molar-refractivity contribution in [2.45, 2.75) is 39.3 Å². The third-order valence-corrected chi connectivity index (χ3v) is 3.96. The Bertz CT molecular complexity index is 530. The summed E-state index contributed by atoms with van der Waals surface area (Å²) in [5.41, 5.74) is 0.673. The summed E-state index contributed by atoms with van der Waals surface area (Å²) in [4.78, 5) is 20.4. The molecular formula is C16H24ClN3O2. The number of carbonyl (C=O) groups excluding carboxylic acids is 1. The predicted octanol–water partition coefficient (Wildman–Crippen LogP) is 2.59. The fourth-order valence-electron chi connectivity index (χ4n) is 2.53. The third kappa shape index (κ3) is 4.34. The number of carbonyl (C=O) groups is 1. The minimum absolute atomic E-state index is 0.0444. The van der Waals surface area contributed by atoms with E-state index in [1.54, 1.807) is 12.4 Å². The highest BCUT2D eigenvalue weighted by atomic mass is 35.5. The van der Waals surface area contributed by atoms with Crippen LogP contribution < -0.4 is 4.90 Å². The standard InChI is InChI=1S/C16H24ClN3O2/c1-12-10-19(14-5-6-18-9-13(14)17)7-8-20(12)15(21)11-22-16(2,3)4/h5-6,9,12H,7-8,10-11H2,1-4H3/t12-/m1/s1. The summed E-state index contributed by atoms with van der Waals surface area (Å²) < 4.78 is 5.59. The summed E-state index contributed by atoms with van der Waals surface area (Å²) in [6, 6.07) is 2.03. The molecule has 1 aromatic heterocycles. The van der Waals surface area contributed by atoms with E-state index in [-0.39, 0.29) is 24.2 Å². The molecule has 1 aromatic rings. The Balaban J connectivity index is 1.95. The number of halogens is 1. The zero-order valence-corrected chi connectivity index (χ0v) is 14.4. The smallest absolute Gasteiger partial charge is 0.248 e. The first kappa shape index (κ1) is 17.0. The molecule has 1 amide bonds. The van der Waals surface area contributed by atoms with E-state index in [1.807, 2.05) is 31.7 Å². The molecule has 0 spiro atoms. The second-order valence-electron chi connectivity index (χ2n) is 6.61. The summed E-state index contributed by atoms with van der Waals surface area (Å²) in [6.45, 7) is 10.2. The second-order valence-corrected chi connectivity index (χ2v) is 7.02. The van der Waals surface area contributed by atoms with Crippen molar-refractivity contribution >= 4 is 23.2 Å². The molecule has 1 aliphatic heterocycles. The van der Waals surface area contributed by atoms with Gasteiger partial charge in [-0.2, -0.15) is 0 Å². The quantitative estimate of drug-likeness (QED) is 0.857. The Morgan fingerprint density at radius 2 is 2.18 bits per heavy atom. The first-order valence-electron chi connectivity index (χ1n) is 7.56. The average molecular weight is 326 g/mol. The summed E-state index contributed by atoms with van der Waals surface area (Å²) >= 11 is 6.20. The molecule has 2 rings (SSSR count). The van der Waals surface area contributed by atoms with E-state index in [4.69, 9.17) is 16.3 Å². The molecule has 0 aromatic carbocycles. The molecule has 0 saturated carbocycles. The molecule has 6 heteroatoms. The maximum absolute atomic E-state index is 12.3. The van der Waals surface area contributed by atoms with Gasteiger partial charge in [0.25, 0.3) is 0 Å². The van der Waals surface area contributed by atoms with Crippen molar-refractivity contribution in [3.63, 3.8) is 0 Å². The molecule has 0 aliphatic carbocycles. The lowest BCUT2D eigenvalue weighted by Crippen LogP contribution is -2.55. The topological polar surface area (TPSA) is 45.7 Å². The number of hydrogen-bond acceptors (Lipinski definition) is 4. The molecule has 5 nitrogen and oxygen atoms in total. The zero-order valence-electron chi connectivity index (χ0n) is 13.7. The average Bonchev–Trinajstić information content (AvgIpc) is 2.44. The molecule has 1 aliphatic rings. The van der Waals surface area contributed by atoms with Crippen LogP contribution in [0.15, 0.2) is 18.5 Å². The van der Waals surface area contributed by atoms with E-state index >= 15 is 0 Å². The zero-order chi connectivity index (χ0) is 16.3. The van der Waals surface area contributed by atoms with Crippen LogP contribution in [0.25, 0.3) is 0 Å². The van der Waals surface area contributed by atoms with Crippen LogP contribution >= 0.6 is 11.6 Å². The summed E-state index contributed by atoms with van der Waals surface area (Å²) in [7, 11) is 0. The van der Waals surface area contributed by atoms with E-state index in [0.717, 1.165) is 18.8 Å². The molecule has 22 heavy (non-hydrogen) atoms. The lowest BCUT2D eigenvalue weighted by molar-refractivity contribution is -0.143. The Morgan fingerprint density at radius 3 is 2.77 bits per heavy atom. The van der Waals surface area contributed by atoms with Gasteiger partial charge in [0, 0.05) is 38.1 Å². The largest absolute Gasteiger partial charge is 0.366 e.